The zero-order valence-corrected chi connectivity index (χ0v) is 19.7. The first kappa shape index (κ1) is 24.0. The van der Waals surface area contributed by atoms with E-state index in [1.807, 2.05) is 11.0 Å². The predicted molar refractivity (Wildman–Crippen MR) is 133 cm³/mol. The zero-order valence-electron chi connectivity index (χ0n) is 18.9. The Hall–Kier alpha value is -4.11. The van der Waals surface area contributed by atoms with Gasteiger partial charge in [0, 0.05) is 50.4 Å². The fraction of sp³-hybridized carbons (Fsp3) is 0.200. The van der Waals surface area contributed by atoms with E-state index < -0.39 is 10.8 Å². The summed E-state index contributed by atoms with van der Waals surface area (Å²) in [6.45, 7) is 3.45. The van der Waals surface area contributed by atoms with E-state index in [9.17, 15) is 19.7 Å². The van der Waals surface area contributed by atoms with E-state index in [1.54, 1.807) is 59.5 Å². The van der Waals surface area contributed by atoms with Gasteiger partial charge in [0.1, 0.15) is 17.2 Å². The van der Waals surface area contributed by atoms with E-state index >= 15 is 0 Å². The van der Waals surface area contributed by atoms with Gasteiger partial charge < -0.3 is 19.9 Å². The number of rotatable bonds is 6. The van der Waals surface area contributed by atoms with Crippen LogP contribution in [0, 0.1) is 10.1 Å². The Bertz CT molecular complexity index is 1260. The number of nitro benzene ring substituents is 1. The summed E-state index contributed by atoms with van der Waals surface area (Å²) >= 11 is 6.11. The fourth-order valence-corrected chi connectivity index (χ4v) is 3.98. The van der Waals surface area contributed by atoms with Crippen LogP contribution in [-0.4, -0.2) is 47.8 Å². The highest BCUT2D eigenvalue weighted by Crippen LogP contribution is 2.31. The summed E-state index contributed by atoms with van der Waals surface area (Å²) in [6.07, 6.45) is 0. The average molecular weight is 495 g/mol. The van der Waals surface area contributed by atoms with Crippen LogP contribution in [0.4, 0.5) is 17.1 Å². The highest BCUT2D eigenvalue weighted by Gasteiger charge is 2.26. The summed E-state index contributed by atoms with van der Waals surface area (Å²) in [5.74, 6) is 0.567. The first-order chi connectivity index (χ1) is 16.8. The maximum Gasteiger partial charge on any atom is 0.293 e. The van der Waals surface area contributed by atoms with Crippen molar-refractivity contribution in [3.05, 3.63) is 87.4 Å². The van der Waals surface area contributed by atoms with E-state index in [-0.39, 0.29) is 17.2 Å². The Balaban J connectivity index is 1.45. The molecule has 4 rings (SSSR count). The Morgan fingerprint density at radius 3 is 2.31 bits per heavy atom. The maximum absolute atomic E-state index is 12.8. The fourth-order valence-electron chi connectivity index (χ4n) is 3.80. The van der Waals surface area contributed by atoms with Crippen molar-refractivity contribution in [3.8, 4) is 11.5 Å². The molecule has 1 aliphatic heterocycles. The molecule has 2 amide bonds. The number of carbonyl (C=O) groups excluding carboxylic acids is 2. The molecule has 0 unspecified atom stereocenters. The SMILES string of the molecule is CC(=O)N1CCN(c2ccc(C(=O)Nc3ccc(Oc4ccccc4Cl)cc3)cc2[N+](=O)[O-])CC1. The first-order valence-electron chi connectivity index (χ1n) is 10.9. The van der Waals surface area contributed by atoms with Gasteiger partial charge in [-0.15, -0.1) is 0 Å². The molecule has 1 fully saturated rings. The molecule has 3 aromatic carbocycles. The minimum Gasteiger partial charge on any atom is -0.456 e. The summed E-state index contributed by atoms with van der Waals surface area (Å²) in [5, 5.41) is 15.0. The number of nitro groups is 1. The number of anilines is 2. The summed E-state index contributed by atoms with van der Waals surface area (Å²) < 4.78 is 5.74. The quantitative estimate of drug-likeness (QED) is 0.383. The lowest BCUT2D eigenvalue weighted by Crippen LogP contribution is -2.48. The highest BCUT2D eigenvalue weighted by atomic mass is 35.5. The van der Waals surface area contributed by atoms with E-state index in [1.165, 1.54) is 13.0 Å². The molecular formula is C25H23ClN4O5. The number of ether oxygens (including phenoxy) is 1. The van der Waals surface area contributed by atoms with Gasteiger partial charge in [0.15, 0.2) is 0 Å². The summed E-state index contributed by atoms with van der Waals surface area (Å²) in [7, 11) is 0. The van der Waals surface area contributed by atoms with Gasteiger partial charge in [0.2, 0.25) is 5.91 Å². The van der Waals surface area contributed by atoms with E-state index in [2.05, 4.69) is 5.32 Å². The Morgan fingerprint density at radius 2 is 1.69 bits per heavy atom. The first-order valence-corrected chi connectivity index (χ1v) is 11.3. The normalized spacial score (nSPS) is 13.3. The van der Waals surface area contributed by atoms with Gasteiger partial charge >= 0.3 is 0 Å². The lowest BCUT2D eigenvalue weighted by molar-refractivity contribution is -0.384. The number of hydrogen-bond acceptors (Lipinski definition) is 6. The standard InChI is InChI=1S/C25H23ClN4O5/c1-17(31)28-12-14-29(15-13-28)22-11-6-18(16-23(22)30(33)34)25(32)27-19-7-9-20(10-8-19)35-24-5-3-2-4-21(24)26/h2-11,16H,12-15H2,1H3,(H,27,32). The molecule has 1 heterocycles. The molecule has 0 aliphatic carbocycles. The van der Waals surface area contributed by atoms with Gasteiger partial charge in [-0.3, -0.25) is 19.7 Å². The van der Waals surface area contributed by atoms with Crippen molar-refractivity contribution in [1.82, 2.24) is 4.90 Å². The second kappa shape index (κ2) is 10.4. The number of piperazine rings is 1. The molecular weight excluding hydrogens is 472 g/mol. The van der Waals surface area contributed by atoms with Gasteiger partial charge in [0.05, 0.1) is 9.95 Å². The molecule has 180 valence electrons. The van der Waals surface area contributed by atoms with Gasteiger partial charge in [-0.25, -0.2) is 0 Å². The van der Waals surface area contributed by atoms with Crippen molar-refractivity contribution in [2.24, 2.45) is 0 Å². The molecule has 0 radical (unpaired) electrons. The summed E-state index contributed by atoms with van der Waals surface area (Å²) in [5.41, 5.74) is 0.945. The van der Waals surface area contributed by atoms with Crippen LogP contribution in [0.3, 0.4) is 0 Å². The average Bonchev–Trinajstić information content (AvgIpc) is 2.86. The molecule has 1 N–H and O–H groups in total. The lowest BCUT2D eigenvalue weighted by atomic mass is 10.1. The van der Waals surface area contributed by atoms with Crippen molar-refractivity contribution in [2.75, 3.05) is 36.4 Å². The zero-order chi connectivity index (χ0) is 24.9. The third-order valence-electron chi connectivity index (χ3n) is 5.68. The second-order valence-corrected chi connectivity index (χ2v) is 8.37. The van der Waals surface area contributed by atoms with Crippen molar-refractivity contribution in [2.45, 2.75) is 6.92 Å². The number of para-hydroxylation sites is 1. The van der Waals surface area contributed by atoms with Crippen LogP contribution in [0.1, 0.15) is 17.3 Å². The van der Waals surface area contributed by atoms with Crippen molar-refractivity contribution >= 4 is 40.5 Å². The number of carbonyl (C=O) groups is 2. The monoisotopic (exact) mass is 494 g/mol. The topological polar surface area (TPSA) is 105 Å². The highest BCUT2D eigenvalue weighted by molar-refractivity contribution is 6.32. The molecule has 3 aromatic rings. The number of halogens is 1. The van der Waals surface area contributed by atoms with Crippen molar-refractivity contribution in [3.63, 3.8) is 0 Å². The van der Waals surface area contributed by atoms with Crippen LogP contribution in [0.25, 0.3) is 0 Å². The predicted octanol–water partition coefficient (Wildman–Crippen LogP) is 4.96. The second-order valence-electron chi connectivity index (χ2n) is 7.96. The molecule has 0 atom stereocenters. The van der Waals surface area contributed by atoms with Gasteiger partial charge in [0.25, 0.3) is 11.6 Å². The van der Waals surface area contributed by atoms with Gasteiger partial charge in [-0.1, -0.05) is 23.7 Å². The van der Waals surface area contributed by atoms with E-state index in [0.29, 0.717) is 54.1 Å². The van der Waals surface area contributed by atoms with Crippen LogP contribution in [0.2, 0.25) is 5.02 Å². The Morgan fingerprint density at radius 1 is 1.00 bits per heavy atom. The van der Waals surface area contributed by atoms with E-state index in [0.717, 1.165) is 0 Å². The number of nitrogens with one attached hydrogen (secondary N) is 1. The number of amides is 2. The van der Waals surface area contributed by atoms with Crippen LogP contribution in [0.5, 0.6) is 11.5 Å². The number of hydrogen-bond donors (Lipinski definition) is 1. The molecule has 1 saturated heterocycles. The molecule has 1 aliphatic rings. The van der Waals surface area contributed by atoms with Crippen molar-refractivity contribution < 1.29 is 19.2 Å². The minimum atomic E-state index is -0.496. The third kappa shape index (κ3) is 5.70. The van der Waals surface area contributed by atoms with Gasteiger partial charge in [-0.2, -0.15) is 0 Å². The maximum atomic E-state index is 12.8. The smallest absolute Gasteiger partial charge is 0.293 e. The number of benzene rings is 3. The number of nitrogens with zero attached hydrogens (tertiary/aromatic N) is 3. The minimum absolute atomic E-state index is 0.0189. The van der Waals surface area contributed by atoms with Crippen LogP contribution in [-0.2, 0) is 4.79 Å². The Labute approximate surface area is 207 Å². The molecule has 0 bridgehead atoms. The third-order valence-corrected chi connectivity index (χ3v) is 5.99. The van der Waals surface area contributed by atoms with E-state index in [4.69, 9.17) is 16.3 Å². The lowest BCUT2D eigenvalue weighted by Gasteiger charge is -2.35. The molecule has 0 aromatic heterocycles. The molecule has 35 heavy (non-hydrogen) atoms. The van der Waals surface area contributed by atoms with Crippen LogP contribution >= 0.6 is 11.6 Å². The molecule has 9 nitrogen and oxygen atoms in total. The van der Waals surface area contributed by atoms with Crippen LogP contribution in [0.15, 0.2) is 66.7 Å². The largest absolute Gasteiger partial charge is 0.456 e. The molecule has 10 heteroatoms. The molecule has 0 spiro atoms. The molecule has 0 saturated carbocycles. The van der Waals surface area contributed by atoms with Crippen LogP contribution < -0.4 is 15.0 Å². The summed E-state index contributed by atoms with van der Waals surface area (Å²) in [6, 6.07) is 18.2. The Kier molecular flexibility index (Phi) is 7.17. The van der Waals surface area contributed by atoms with Crippen molar-refractivity contribution in [1.29, 1.82) is 0 Å². The van der Waals surface area contributed by atoms with Gasteiger partial charge in [-0.05, 0) is 48.5 Å². The summed E-state index contributed by atoms with van der Waals surface area (Å²) in [4.78, 5) is 39.1.